The summed E-state index contributed by atoms with van der Waals surface area (Å²) >= 11 is 0. The Balaban J connectivity index is 1.35. The van der Waals surface area contributed by atoms with E-state index >= 15 is 0 Å². The van der Waals surface area contributed by atoms with Crippen LogP contribution in [0.2, 0.25) is 0 Å². The van der Waals surface area contributed by atoms with E-state index in [0.29, 0.717) is 0 Å². The lowest BCUT2D eigenvalue weighted by Gasteiger charge is -2.19. The van der Waals surface area contributed by atoms with Gasteiger partial charge < -0.3 is 4.98 Å². The third kappa shape index (κ3) is 5.10. The van der Waals surface area contributed by atoms with Crippen LogP contribution in [0.5, 0.6) is 0 Å². The van der Waals surface area contributed by atoms with Crippen LogP contribution in [0.25, 0.3) is 93.9 Å². The molecular formula is C48H34N2. The lowest BCUT2D eigenvalue weighted by molar-refractivity contribution is 1.29. The number of allylic oxidation sites excluding steroid dienone is 3. The molecule has 0 aliphatic rings. The summed E-state index contributed by atoms with van der Waals surface area (Å²) < 4.78 is 0. The zero-order valence-electron chi connectivity index (χ0n) is 27.8. The molecule has 1 heterocycles. The van der Waals surface area contributed by atoms with Crippen LogP contribution >= 0.6 is 0 Å². The Morgan fingerprint density at radius 3 is 1.52 bits per heavy atom. The molecule has 0 bridgehead atoms. The van der Waals surface area contributed by atoms with E-state index in [0.717, 1.165) is 33.5 Å². The lowest BCUT2D eigenvalue weighted by atomic mass is 9.85. The molecule has 0 saturated heterocycles. The Morgan fingerprint density at radius 2 is 0.940 bits per heavy atom. The van der Waals surface area contributed by atoms with E-state index in [1.165, 1.54) is 60.1 Å². The SMILES string of the molecule is C/C=C\C=C/c1nc2c(-c3ccccc3-c3ccc4ccccc4c3)c3ccccc3c(-c3ccccc3-c3ccc4ccccc4c3)c2[nH]1. The van der Waals surface area contributed by atoms with Crippen molar-refractivity contribution in [2.24, 2.45) is 0 Å². The van der Waals surface area contributed by atoms with Crippen molar-refractivity contribution in [3.63, 3.8) is 0 Å². The summed E-state index contributed by atoms with van der Waals surface area (Å²) in [7, 11) is 0. The standard InChI is InChI=1S/C48H34N2/c1-2-3-4-25-44-49-47-45(40-21-11-9-19-38(40)36-28-26-32-15-5-7-17-34(32)30-36)42-23-13-14-24-43(42)46(48(47)50-44)41-22-12-10-20-39(41)37-29-27-33-16-6-8-18-35(33)31-37/h2-31H,1H3,(H,49,50)/b3-2-,25-4-. The molecule has 9 aromatic rings. The van der Waals surface area contributed by atoms with Gasteiger partial charge in [-0.25, -0.2) is 4.98 Å². The van der Waals surface area contributed by atoms with Gasteiger partial charge in [-0.3, -0.25) is 0 Å². The van der Waals surface area contributed by atoms with Crippen LogP contribution in [0.15, 0.2) is 176 Å². The highest BCUT2D eigenvalue weighted by molar-refractivity contribution is 6.21. The molecule has 1 N–H and O–H groups in total. The Kier molecular flexibility index (Phi) is 7.40. The summed E-state index contributed by atoms with van der Waals surface area (Å²) in [5.41, 5.74) is 11.4. The van der Waals surface area contributed by atoms with Crippen molar-refractivity contribution in [3.05, 3.63) is 182 Å². The van der Waals surface area contributed by atoms with Gasteiger partial charge in [-0.05, 0) is 90.8 Å². The molecule has 0 radical (unpaired) electrons. The molecule has 1 aromatic heterocycles. The Hall–Kier alpha value is -6.51. The topological polar surface area (TPSA) is 28.7 Å². The highest BCUT2D eigenvalue weighted by atomic mass is 14.9. The fraction of sp³-hybridized carbons (Fsp3) is 0.0208. The van der Waals surface area contributed by atoms with Crippen LogP contribution in [-0.2, 0) is 0 Å². The average molecular weight is 639 g/mol. The summed E-state index contributed by atoms with van der Waals surface area (Å²) in [4.78, 5) is 9.13. The highest BCUT2D eigenvalue weighted by Crippen LogP contribution is 2.47. The Bertz CT molecular complexity index is 2600. The van der Waals surface area contributed by atoms with E-state index in [1.807, 2.05) is 25.2 Å². The molecule has 2 nitrogen and oxygen atoms in total. The van der Waals surface area contributed by atoms with Crippen molar-refractivity contribution in [1.82, 2.24) is 9.97 Å². The maximum atomic E-state index is 5.35. The second-order valence-corrected chi connectivity index (χ2v) is 12.7. The zero-order chi connectivity index (χ0) is 33.4. The number of benzene rings is 8. The third-order valence-corrected chi connectivity index (χ3v) is 9.75. The lowest BCUT2D eigenvalue weighted by Crippen LogP contribution is -1.94. The number of nitrogens with zero attached hydrogens (tertiary/aromatic N) is 1. The van der Waals surface area contributed by atoms with Gasteiger partial charge in [0.1, 0.15) is 5.82 Å². The van der Waals surface area contributed by atoms with Crippen molar-refractivity contribution in [3.8, 4) is 44.5 Å². The van der Waals surface area contributed by atoms with E-state index in [9.17, 15) is 0 Å². The van der Waals surface area contributed by atoms with E-state index in [-0.39, 0.29) is 0 Å². The molecule has 0 saturated carbocycles. The smallest absolute Gasteiger partial charge is 0.131 e. The van der Waals surface area contributed by atoms with E-state index in [4.69, 9.17) is 4.98 Å². The molecule has 0 spiro atoms. The number of rotatable bonds is 6. The first-order valence-corrected chi connectivity index (χ1v) is 17.2. The minimum atomic E-state index is 0.822. The van der Waals surface area contributed by atoms with Crippen molar-refractivity contribution < 1.29 is 0 Å². The number of fused-ring (bicyclic) bond motifs is 4. The van der Waals surface area contributed by atoms with E-state index in [2.05, 4.69) is 169 Å². The molecule has 0 amide bonds. The second kappa shape index (κ2) is 12.5. The van der Waals surface area contributed by atoms with Gasteiger partial charge in [-0.1, -0.05) is 164 Å². The summed E-state index contributed by atoms with van der Waals surface area (Å²) in [6.45, 7) is 2.03. The molecule has 0 unspecified atom stereocenters. The second-order valence-electron chi connectivity index (χ2n) is 12.7. The molecule has 0 atom stereocenters. The van der Waals surface area contributed by atoms with Crippen LogP contribution in [0.4, 0.5) is 0 Å². The number of hydrogen-bond donors (Lipinski definition) is 1. The summed E-state index contributed by atoms with van der Waals surface area (Å²) in [5, 5.41) is 7.29. The third-order valence-electron chi connectivity index (χ3n) is 9.75. The molecule has 8 aromatic carbocycles. The summed E-state index contributed by atoms with van der Waals surface area (Å²) in [5.74, 6) is 0.822. The van der Waals surface area contributed by atoms with Gasteiger partial charge in [0.25, 0.3) is 0 Å². The molecule has 0 aliphatic heterocycles. The molecular weight excluding hydrogens is 605 g/mol. The molecule has 0 aliphatic carbocycles. The Labute approximate surface area is 291 Å². The quantitative estimate of drug-likeness (QED) is 0.180. The predicted molar refractivity (Wildman–Crippen MR) is 214 cm³/mol. The summed E-state index contributed by atoms with van der Waals surface area (Å²) in [6.07, 6.45) is 8.17. The molecule has 9 rings (SSSR count). The monoisotopic (exact) mass is 638 g/mol. The van der Waals surface area contributed by atoms with Crippen LogP contribution < -0.4 is 0 Å². The first-order chi connectivity index (χ1) is 24.8. The van der Waals surface area contributed by atoms with Gasteiger partial charge in [0, 0.05) is 11.1 Å². The Morgan fingerprint density at radius 1 is 0.460 bits per heavy atom. The van der Waals surface area contributed by atoms with Crippen LogP contribution in [0, 0.1) is 0 Å². The van der Waals surface area contributed by atoms with Gasteiger partial charge >= 0.3 is 0 Å². The molecule has 0 fully saturated rings. The number of aromatic nitrogens is 2. The first kappa shape index (κ1) is 29.6. The number of imidazole rings is 1. The normalized spacial score (nSPS) is 11.9. The maximum absolute atomic E-state index is 5.35. The maximum Gasteiger partial charge on any atom is 0.131 e. The minimum Gasteiger partial charge on any atom is -0.338 e. The largest absolute Gasteiger partial charge is 0.338 e. The highest BCUT2D eigenvalue weighted by Gasteiger charge is 2.23. The number of aromatic amines is 1. The van der Waals surface area contributed by atoms with Gasteiger partial charge in [0.2, 0.25) is 0 Å². The fourth-order valence-corrected chi connectivity index (χ4v) is 7.44. The predicted octanol–water partition coefficient (Wildman–Crippen LogP) is 13.3. The van der Waals surface area contributed by atoms with Crippen molar-refractivity contribution in [2.45, 2.75) is 6.92 Å². The van der Waals surface area contributed by atoms with E-state index in [1.54, 1.807) is 0 Å². The minimum absolute atomic E-state index is 0.822. The zero-order valence-corrected chi connectivity index (χ0v) is 27.8. The number of hydrogen-bond acceptors (Lipinski definition) is 1. The van der Waals surface area contributed by atoms with E-state index < -0.39 is 0 Å². The van der Waals surface area contributed by atoms with Crippen molar-refractivity contribution >= 4 is 49.4 Å². The van der Waals surface area contributed by atoms with Crippen molar-refractivity contribution in [1.29, 1.82) is 0 Å². The molecule has 236 valence electrons. The molecule has 50 heavy (non-hydrogen) atoms. The van der Waals surface area contributed by atoms with Crippen LogP contribution in [0.3, 0.4) is 0 Å². The molecule has 2 heteroatoms. The van der Waals surface area contributed by atoms with Crippen LogP contribution in [0.1, 0.15) is 12.7 Å². The van der Waals surface area contributed by atoms with Gasteiger partial charge in [0.15, 0.2) is 0 Å². The first-order valence-electron chi connectivity index (χ1n) is 17.2. The average Bonchev–Trinajstić information content (AvgIpc) is 3.60. The van der Waals surface area contributed by atoms with Crippen molar-refractivity contribution in [2.75, 3.05) is 0 Å². The van der Waals surface area contributed by atoms with Crippen LogP contribution in [-0.4, -0.2) is 9.97 Å². The van der Waals surface area contributed by atoms with Gasteiger partial charge in [0.05, 0.1) is 11.0 Å². The fourth-order valence-electron chi connectivity index (χ4n) is 7.44. The number of H-pyrrole nitrogens is 1. The van der Waals surface area contributed by atoms with Gasteiger partial charge in [-0.2, -0.15) is 0 Å². The van der Waals surface area contributed by atoms with Gasteiger partial charge in [-0.15, -0.1) is 0 Å². The summed E-state index contributed by atoms with van der Waals surface area (Å²) in [6, 6.07) is 57.0. The number of nitrogens with one attached hydrogen (secondary N) is 1.